The molecule has 1 amide bonds. The summed E-state index contributed by atoms with van der Waals surface area (Å²) in [5.41, 5.74) is 0. The Hall–Kier alpha value is -1.85. The lowest BCUT2D eigenvalue weighted by molar-refractivity contribution is -0.150. The topological polar surface area (TPSA) is 81.7 Å². The van der Waals surface area contributed by atoms with E-state index in [9.17, 15) is 14.4 Å². The summed E-state index contributed by atoms with van der Waals surface area (Å²) in [6.45, 7) is 1.66. The Balaban J connectivity index is 4.49. The molecule has 0 aliphatic heterocycles. The molecular formula is C10H15NO5. The summed E-state index contributed by atoms with van der Waals surface area (Å²) < 4.78 is 8.85. The molecule has 6 heteroatoms. The number of hydrogen-bond acceptors (Lipinski definition) is 5. The lowest BCUT2D eigenvalue weighted by atomic mass is 10.2. The summed E-state index contributed by atoms with van der Waals surface area (Å²) in [5, 5.41) is 2.33. The third-order valence-electron chi connectivity index (χ3n) is 1.72. The highest BCUT2D eigenvalue weighted by atomic mass is 16.5. The highest BCUT2D eigenvalue weighted by Crippen LogP contribution is 1.97. The summed E-state index contributed by atoms with van der Waals surface area (Å²) >= 11 is 0. The van der Waals surface area contributed by atoms with Crippen LogP contribution in [0.15, 0.2) is 12.2 Å². The summed E-state index contributed by atoms with van der Waals surface area (Å²) in [6.07, 6.45) is 2.50. The second-order valence-corrected chi connectivity index (χ2v) is 2.86. The number of carbonyl (C=O) groups excluding carboxylic acids is 3. The maximum absolute atomic E-state index is 11.2. The Morgan fingerprint density at radius 2 is 1.88 bits per heavy atom. The fraction of sp³-hybridized carbons (Fsp3) is 0.500. The molecule has 0 aliphatic rings. The smallest absolute Gasteiger partial charge is 0.328 e. The van der Waals surface area contributed by atoms with Crippen LogP contribution in [0.2, 0.25) is 0 Å². The first-order valence-corrected chi connectivity index (χ1v) is 4.63. The first-order valence-electron chi connectivity index (χ1n) is 4.63. The Bertz CT molecular complexity index is 298. The van der Waals surface area contributed by atoms with E-state index in [1.807, 2.05) is 0 Å². The van der Waals surface area contributed by atoms with Crippen molar-refractivity contribution in [1.82, 2.24) is 5.32 Å². The molecule has 1 unspecified atom stereocenters. The minimum Gasteiger partial charge on any atom is -0.469 e. The van der Waals surface area contributed by atoms with Crippen LogP contribution in [-0.2, 0) is 23.9 Å². The molecule has 1 atom stereocenters. The number of nitrogens with one attached hydrogen (secondary N) is 1. The fourth-order valence-corrected chi connectivity index (χ4v) is 0.957. The maximum atomic E-state index is 11.2. The third-order valence-corrected chi connectivity index (χ3v) is 1.72. The predicted molar refractivity (Wildman–Crippen MR) is 55.4 cm³/mol. The average Bonchev–Trinajstić information content (AvgIpc) is 2.27. The van der Waals surface area contributed by atoms with Crippen molar-refractivity contribution in [1.29, 1.82) is 0 Å². The largest absolute Gasteiger partial charge is 0.469 e. The maximum Gasteiger partial charge on any atom is 0.328 e. The normalized spacial score (nSPS) is 11.9. The molecule has 0 fully saturated rings. The van der Waals surface area contributed by atoms with Crippen LogP contribution in [0.5, 0.6) is 0 Å². The van der Waals surface area contributed by atoms with Crippen molar-refractivity contribution in [3.63, 3.8) is 0 Å². The van der Waals surface area contributed by atoms with Crippen molar-refractivity contribution in [2.24, 2.45) is 0 Å². The van der Waals surface area contributed by atoms with Crippen molar-refractivity contribution in [3.8, 4) is 0 Å². The second-order valence-electron chi connectivity index (χ2n) is 2.86. The molecule has 6 nitrogen and oxygen atoms in total. The van der Waals surface area contributed by atoms with Crippen molar-refractivity contribution in [3.05, 3.63) is 12.2 Å². The lowest BCUT2D eigenvalue weighted by Gasteiger charge is -2.13. The van der Waals surface area contributed by atoms with E-state index >= 15 is 0 Å². The first kappa shape index (κ1) is 14.2. The van der Waals surface area contributed by atoms with E-state index in [0.717, 1.165) is 0 Å². The van der Waals surface area contributed by atoms with Crippen LogP contribution in [0.4, 0.5) is 0 Å². The molecular weight excluding hydrogens is 214 g/mol. The molecule has 0 aromatic carbocycles. The van der Waals surface area contributed by atoms with Gasteiger partial charge >= 0.3 is 11.9 Å². The number of esters is 2. The molecule has 90 valence electrons. The van der Waals surface area contributed by atoms with Gasteiger partial charge in [0.15, 0.2) is 0 Å². The summed E-state index contributed by atoms with van der Waals surface area (Å²) in [4.78, 5) is 33.4. The van der Waals surface area contributed by atoms with Crippen molar-refractivity contribution in [2.45, 2.75) is 19.4 Å². The number of ether oxygens (including phenoxy) is 2. The van der Waals surface area contributed by atoms with Gasteiger partial charge in [-0.25, -0.2) is 4.79 Å². The van der Waals surface area contributed by atoms with Gasteiger partial charge in [0.1, 0.15) is 6.04 Å². The van der Waals surface area contributed by atoms with Gasteiger partial charge in [-0.3, -0.25) is 9.59 Å². The van der Waals surface area contributed by atoms with Crippen LogP contribution >= 0.6 is 0 Å². The number of amides is 1. The molecule has 0 aromatic heterocycles. The van der Waals surface area contributed by atoms with Gasteiger partial charge in [0, 0.05) is 0 Å². The second kappa shape index (κ2) is 7.44. The Kier molecular flexibility index (Phi) is 6.58. The summed E-state index contributed by atoms with van der Waals surface area (Å²) in [5.74, 6) is -1.76. The van der Waals surface area contributed by atoms with Gasteiger partial charge in [-0.05, 0) is 13.0 Å². The van der Waals surface area contributed by atoms with Crippen LogP contribution < -0.4 is 5.32 Å². The van der Waals surface area contributed by atoms with Crippen LogP contribution in [0.3, 0.4) is 0 Å². The predicted octanol–water partition coefficient (Wildman–Crippen LogP) is -0.217. The van der Waals surface area contributed by atoms with Gasteiger partial charge in [-0.1, -0.05) is 6.08 Å². The number of methoxy groups -OCH3 is 2. The number of hydrogen-bond donors (Lipinski definition) is 1. The molecule has 0 heterocycles. The standard InChI is InChI=1S/C10H15NO5/c1-4-5-8(12)11-7(10(14)16-3)6-9(13)15-2/h4-5,7H,6H2,1-3H3,(H,11,12)/b5-4+. The molecule has 0 radical (unpaired) electrons. The molecule has 0 saturated carbocycles. The van der Waals surface area contributed by atoms with Gasteiger partial charge in [-0.2, -0.15) is 0 Å². The van der Waals surface area contributed by atoms with Crippen LogP contribution in [0.1, 0.15) is 13.3 Å². The molecule has 0 bridgehead atoms. The SMILES string of the molecule is C/C=C/C(=O)NC(CC(=O)OC)C(=O)OC. The number of carbonyl (C=O) groups is 3. The summed E-state index contributed by atoms with van der Waals surface area (Å²) in [7, 11) is 2.37. The average molecular weight is 229 g/mol. The van der Waals surface area contributed by atoms with Gasteiger partial charge in [0.25, 0.3) is 0 Å². The van der Waals surface area contributed by atoms with Crippen LogP contribution in [0, 0.1) is 0 Å². The van der Waals surface area contributed by atoms with Crippen molar-refractivity contribution in [2.75, 3.05) is 14.2 Å². The Labute approximate surface area is 93.6 Å². The van der Waals surface area contributed by atoms with Crippen molar-refractivity contribution >= 4 is 17.8 Å². The quantitative estimate of drug-likeness (QED) is 0.520. The van der Waals surface area contributed by atoms with Gasteiger partial charge < -0.3 is 14.8 Å². The fourth-order valence-electron chi connectivity index (χ4n) is 0.957. The molecule has 1 N–H and O–H groups in total. The molecule has 0 saturated heterocycles. The zero-order valence-corrected chi connectivity index (χ0v) is 9.48. The van der Waals surface area contributed by atoms with E-state index in [4.69, 9.17) is 0 Å². The van der Waals surface area contributed by atoms with E-state index in [-0.39, 0.29) is 6.42 Å². The van der Waals surface area contributed by atoms with E-state index in [1.165, 1.54) is 26.4 Å². The molecule has 0 aromatic rings. The molecule has 0 aliphatic carbocycles. The van der Waals surface area contributed by atoms with Gasteiger partial charge in [0.2, 0.25) is 5.91 Å². The number of allylic oxidation sites excluding steroid dienone is 1. The van der Waals surface area contributed by atoms with E-state index in [1.54, 1.807) is 6.92 Å². The first-order chi connectivity index (χ1) is 7.54. The van der Waals surface area contributed by atoms with E-state index in [2.05, 4.69) is 14.8 Å². The lowest BCUT2D eigenvalue weighted by Crippen LogP contribution is -2.42. The minimum atomic E-state index is -1.03. The van der Waals surface area contributed by atoms with E-state index in [0.29, 0.717) is 0 Å². The third kappa shape index (κ3) is 5.14. The van der Waals surface area contributed by atoms with Crippen molar-refractivity contribution < 1.29 is 23.9 Å². The van der Waals surface area contributed by atoms with Gasteiger partial charge in [-0.15, -0.1) is 0 Å². The molecule has 16 heavy (non-hydrogen) atoms. The Morgan fingerprint density at radius 3 is 2.31 bits per heavy atom. The highest BCUT2D eigenvalue weighted by molar-refractivity contribution is 5.93. The van der Waals surface area contributed by atoms with Crippen LogP contribution in [-0.4, -0.2) is 38.1 Å². The van der Waals surface area contributed by atoms with Crippen LogP contribution in [0.25, 0.3) is 0 Å². The number of rotatable bonds is 5. The summed E-state index contributed by atoms with van der Waals surface area (Å²) in [6, 6.07) is -1.03. The molecule has 0 rings (SSSR count). The highest BCUT2D eigenvalue weighted by Gasteiger charge is 2.24. The Morgan fingerprint density at radius 1 is 1.25 bits per heavy atom. The zero-order chi connectivity index (χ0) is 12.6. The molecule has 0 spiro atoms. The zero-order valence-electron chi connectivity index (χ0n) is 9.48. The van der Waals surface area contributed by atoms with E-state index < -0.39 is 23.9 Å². The van der Waals surface area contributed by atoms with Gasteiger partial charge in [0.05, 0.1) is 20.6 Å². The monoisotopic (exact) mass is 229 g/mol. The minimum absolute atomic E-state index is 0.257.